The number of hydrogen-bond acceptors (Lipinski definition) is 3. The van der Waals surface area contributed by atoms with Crippen molar-refractivity contribution in [3.8, 4) is 0 Å². The molecule has 0 bridgehead atoms. The molecule has 142 valence electrons. The van der Waals surface area contributed by atoms with E-state index in [0.717, 1.165) is 35.0 Å². The van der Waals surface area contributed by atoms with Crippen molar-refractivity contribution in [1.82, 2.24) is 0 Å². The molecule has 0 atom stereocenters. The number of halogens is 1. The highest BCUT2D eigenvalue weighted by atomic mass is 35.5. The highest BCUT2D eigenvalue weighted by Crippen LogP contribution is 2.40. The molecule has 1 fully saturated rings. The molecule has 1 saturated carbocycles. The summed E-state index contributed by atoms with van der Waals surface area (Å²) in [6.45, 7) is 0.634. The normalized spacial score (nSPS) is 19.3. The van der Waals surface area contributed by atoms with Crippen molar-refractivity contribution >= 4 is 34.5 Å². The molecule has 2 aromatic carbocycles. The van der Waals surface area contributed by atoms with E-state index >= 15 is 0 Å². The fourth-order valence-corrected chi connectivity index (χ4v) is 4.31. The molecule has 0 unspecified atom stereocenters. The Kier molecular flexibility index (Phi) is 5.00. The van der Waals surface area contributed by atoms with Gasteiger partial charge in [0, 0.05) is 24.8 Å². The molecule has 2 aromatic rings. The SMILES string of the molecule is CN(C)c1ccc2c(c1)NC(=NCc1cccc(Cl)c1)C1(CCCCC1)N2. The van der Waals surface area contributed by atoms with Crippen LogP contribution in [0, 0.1) is 0 Å². The van der Waals surface area contributed by atoms with Gasteiger partial charge >= 0.3 is 0 Å². The Morgan fingerprint density at radius 2 is 1.85 bits per heavy atom. The van der Waals surface area contributed by atoms with Crippen LogP contribution in [0.1, 0.15) is 37.7 Å². The molecular formula is C22H27ClN4. The average molecular weight is 383 g/mol. The van der Waals surface area contributed by atoms with Gasteiger partial charge in [-0.25, -0.2) is 0 Å². The lowest BCUT2D eigenvalue weighted by Gasteiger charge is -2.44. The number of anilines is 3. The molecule has 2 aliphatic rings. The summed E-state index contributed by atoms with van der Waals surface area (Å²) in [6, 6.07) is 14.5. The van der Waals surface area contributed by atoms with Crippen LogP contribution in [0.3, 0.4) is 0 Å². The first-order chi connectivity index (χ1) is 13.1. The van der Waals surface area contributed by atoms with Crippen LogP contribution >= 0.6 is 11.6 Å². The predicted molar refractivity (Wildman–Crippen MR) is 116 cm³/mol. The zero-order valence-corrected chi connectivity index (χ0v) is 16.8. The predicted octanol–water partition coefficient (Wildman–Crippen LogP) is 5.55. The van der Waals surface area contributed by atoms with E-state index in [1.165, 1.54) is 30.6 Å². The zero-order chi connectivity index (χ0) is 18.9. The number of nitrogens with one attached hydrogen (secondary N) is 2. The van der Waals surface area contributed by atoms with Gasteiger partial charge in [0.15, 0.2) is 0 Å². The van der Waals surface area contributed by atoms with Crippen LogP contribution in [0.25, 0.3) is 0 Å². The molecule has 4 nitrogen and oxygen atoms in total. The quantitative estimate of drug-likeness (QED) is 0.731. The minimum Gasteiger partial charge on any atom is -0.378 e. The molecular weight excluding hydrogens is 356 g/mol. The van der Waals surface area contributed by atoms with Gasteiger partial charge in [-0.2, -0.15) is 0 Å². The Bertz CT molecular complexity index is 853. The molecule has 0 amide bonds. The molecule has 0 radical (unpaired) electrons. The summed E-state index contributed by atoms with van der Waals surface area (Å²) in [5, 5.41) is 8.26. The molecule has 0 aromatic heterocycles. The van der Waals surface area contributed by atoms with Gasteiger partial charge in [0.25, 0.3) is 0 Å². The summed E-state index contributed by atoms with van der Waals surface area (Å²) in [6.07, 6.45) is 6.00. The van der Waals surface area contributed by atoms with Crippen molar-refractivity contribution in [2.45, 2.75) is 44.2 Å². The number of fused-ring (bicyclic) bond motifs is 1. The van der Waals surface area contributed by atoms with E-state index in [-0.39, 0.29) is 5.54 Å². The molecule has 27 heavy (non-hydrogen) atoms. The Hall–Kier alpha value is -2.20. The second kappa shape index (κ2) is 7.43. The highest BCUT2D eigenvalue weighted by Gasteiger charge is 2.40. The number of rotatable bonds is 3. The van der Waals surface area contributed by atoms with E-state index in [1.807, 2.05) is 18.2 Å². The van der Waals surface area contributed by atoms with Gasteiger partial charge in [-0.15, -0.1) is 0 Å². The maximum atomic E-state index is 6.14. The van der Waals surface area contributed by atoms with E-state index in [0.29, 0.717) is 6.54 Å². The van der Waals surface area contributed by atoms with Crippen molar-refractivity contribution in [1.29, 1.82) is 0 Å². The summed E-state index contributed by atoms with van der Waals surface area (Å²) in [5.41, 5.74) is 4.50. The first-order valence-corrected chi connectivity index (χ1v) is 10.1. The largest absolute Gasteiger partial charge is 0.378 e. The summed E-state index contributed by atoms with van der Waals surface area (Å²) in [7, 11) is 4.13. The highest BCUT2D eigenvalue weighted by molar-refractivity contribution is 6.30. The maximum absolute atomic E-state index is 6.14. The number of benzene rings is 2. The van der Waals surface area contributed by atoms with Crippen LogP contribution in [0.4, 0.5) is 17.1 Å². The fraction of sp³-hybridized carbons (Fsp3) is 0.409. The summed E-state index contributed by atoms with van der Waals surface area (Å²) < 4.78 is 0. The van der Waals surface area contributed by atoms with Crippen molar-refractivity contribution < 1.29 is 0 Å². The third kappa shape index (κ3) is 3.77. The molecule has 1 heterocycles. The van der Waals surface area contributed by atoms with E-state index in [2.05, 4.69) is 53.9 Å². The lowest BCUT2D eigenvalue weighted by molar-refractivity contribution is 0.403. The van der Waals surface area contributed by atoms with Crippen LogP contribution in [0.15, 0.2) is 47.5 Å². The molecule has 0 saturated heterocycles. The summed E-state index contributed by atoms with van der Waals surface area (Å²) in [4.78, 5) is 7.14. The third-order valence-electron chi connectivity index (χ3n) is 5.62. The van der Waals surface area contributed by atoms with Crippen LogP contribution in [0.5, 0.6) is 0 Å². The molecule has 1 aliphatic carbocycles. The van der Waals surface area contributed by atoms with Gasteiger partial charge in [0.05, 0.1) is 23.5 Å². The number of nitrogens with zero attached hydrogens (tertiary/aromatic N) is 2. The van der Waals surface area contributed by atoms with E-state index in [4.69, 9.17) is 16.6 Å². The molecule has 1 spiro atoms. The number of hydrogen-bond donors (Lipinski definition) is 2. The second-order valence-corrected chi connectivity index (χ2v) is 8.25. The van der Waals surface area contributed by atoms with E-state index < -0.39 is 0 Å². The first kappa shape index (κ1) is 18.2. The molecule has 5 heteroatoms. The Morgan fingerprint density at radius 3 is 2.59 bits per heavy atom. The first-order valence-electron chi connectivity index (χ1n) is 9.72. The van der Waals surface area contributed by atoms with Crippen molar-refractivity contribution in [3.63, 3.8) is 0 Å². The Balaban J connectivity index is 1.68. The van der Waals surface area contributed by atoms with Crippen LogP contribution in [-0.2, 0) is 6.54 Å². The van der Waals surface area contributed by atoms with Gasteiger partial charge in [-0.3, -0.25) is 4.99 Å². The van der Waals surface area contributed by atoms with E-state index in [1.54, 1.807) is 0 Å². The van der Waals surface area contributed by atoms with Crippen molar-refractivity contribution in [2.24, 2.45) is 4.99 Å². The van der Waals surface area contributed by atoms with Gasteiger partial charge in [-0.1, -0.05) is 43.0 Å². The zero-order valence-electron chi connectivity index (χ0n) is 16.1. The minimum absolute atomic E-state index is 0.0799. The fourth-order valence-electron chi connectivity index (χ4n) is 4.10. The average Bonchev–Trinajstić information content (AvgIpc) is 2.66. The lowest BCUT2D eigenvalue weighted by Crippen LogP contribution is -2.53. The van der Waals surface area contributed by atoms with Crippen LogP contribution in [-0.4, -0.2) is 25.5 Å². The smallest absolute Gasteiger partial charge is 0.127 e. The molecule has 2 N–H and O–H groups in total. The Morgan fingerprint density at radius 1 is 1.04 bits per heavy atom. The van der Waals surface area contributed by atoms with Crippen LogP contribution < -0.4 is 15.5 Å². The second-order valence-electron chi connectivity index (χ2n) is 7.81. The monoisotopic (exact) mass is 382 g/mol. The Labute approximate surface area is 166 Å². The number of amidine groups is 1. The third-order valence-corrected chi connectivity index (χ3v) is 5.85. The number of aliphatic imine (C=N–C) groups is 1. The van der Waals surface area contributed by atoms with Gasteiger partial charge in [-0.05, 0) is 48.7 Å². The summed E-state index contributed by atoms with van der Waals surface area (Å²) >= 11 is 6.14. The van der Waals surface area contributed by atoms with Gasteiger partial charge < -0.3 is 15.5 Å². The summed E-state index contributed by atoms with van der Waals surface area (Å²) in [5.74, 6) is 1.06. The topological polar surface area (TPSA) is 39.7 Å². The van der Waals surface area contributed by atoms with E-state index in [9.17, 15) is 0 Å². The molecule has 1 aliphatic heterocycles. The lowest BCUT2D eigenvalue weighted by atomic mass is 9.79. The minimum atomic E-state index is -0.0799. The van der Waals surface area contributed by atoms with Gasteiger partial charge in [0.2, 0.25) is 0 Å². The standard InChI is InChI=1S/C22H27ClN4/c1-27(2)18-9-10-19-20(14-18)25-21(22(26-19)11-4-3-5-12-22)24-15-16-7-6-8-17(23)13-16/h6-10,13-14,26H,3-5,11-12,15H2,1-2H3,(H,24,25). The molecule has 4 rings (SSSR count). The maximum Gasteiger partial charge on any atom is 0.127 e. The van der Waals surface area contributed by atoms with Crippen molar-refractivity contribution in [2.75, 3.05) is 29.6 Å². The van der Waals surface area contributed by atoms with Gasteiger partial charge in [0.1, 0.15) is 5.84 Å². The van der Waals surface area contributed by atoms with Crippen molar-refractivity contribution in [3.05, 3.63) is 53.1 Å². The van der Waals surface area contributed by atoms with Crippen LogP contribution in [0.2, 0.25) is 5.02 Å².